The molecule has 0 heterocycles. The molecule has 0 radical (unpaired) electrons. The van der Waals surface area contributed by atoms with E-state index in [0.29, 0.717) is 6.04 Å². The zero-order valence-electron chi connectivity index (χ0n) is 10.1. The van der Waals surface area contributed by atoms with E-state index in [4.69, 9.17) is 0 Å². The van der Waals surface area contributed by atoms with E-state index in [9.17, 15) is 0 Å². The van der Waals surface area contributed by atoms with E-state index in [2.05, 4.69) is 25.4 Å². The molecular formula is C12H27NS. The molecule has 1 nitrogen and oxygen atoms in total. The number of hydrogen-bond acceptors (Lipinski definition) is 2. The van der Waals surface area contributed by atoms with Gasteiger partial charge in [-0.25, -0.2) is 0 Å². The fraction of sp³-hybridized carbons (Fsp3) is 1.00. The first-order valence-corrected chi connectivity index (χ1v) is 7.43. The van der Waals surface area contributed by atoms with Crippen molar-refractivity contribution in [3.05, 3.63) is 0 Å². The Hall–Kier alpha value is 0.310. The van der Waals surface area contributed by atoms with E-state index in [0.717, 1.165) is 0 Å². The summed E-state index contributed by atoms with van der Waals surface area (Å²) in [5.74, 6) is 1.29. The number of thioether (sulfide) groups is 1. The van der Waals surface area contributed by atoms with Gasteiger partial charge in [-0.1, -0.05) is 32.6 Å². The van der Waals surface area contributed by atoms with Crippen LogP contribution in [0.25, 0.3) is 0 Å². The van der Waals surface area contributed by atoms with Crippen molar-refractivity contribution in [2.45, 2.75) is 58.4 Å². The molecule has 1 atom stereocenters. The summed E-state index contributed by atoms with van der Waals surface area (Å²) in [7, 11) is 0. The van der Waals surface area contributed by atoms with Crippen LogP contribution in [0.4, 0.5) is 0 Å². The summed E-state index contributed by atoms with van der Waals surface area (Å²) in [6.07, 6.45) is 10.4. The smallest absolute Gasteiger partial charge is 0.00387 e. The average Bonchev–Trinajstić information content (AvgIpc) is 2.19. The highest BCUT2D eigenvalue weighted by molar-refractivity contribution is 7.98. The second-order valence-electron chi connectivity index (χ2n) is 4.05. The standard InChI is InChI=1S/C12H27NS/c1-4-5-6-7-9-12(2)13-10-8-11-14-3/h12-13H,4-11H2,1-3H3. The number of unbranched alkanes of at least 4 members (excludes halogenated alkanes) is 3. The molecule has 1 unspecified atom stereocenters. The van der Waals surface area contributed by atoms with Gasteiger partial charge in [0, 0.05) is 6.04 Å². The fourth-order valence-electron chi connectivity index (χ4n) is 1.54. The van der Waals surface area contributed by atoms with E-state index in [-0.39, 0.29) is 0 Å². The Morgan fingerprint density at radius 1 is 1.14 bits per heavy atom. The second kappa shape index (κ2) is 11.4. The quantitative estimate of drug-likeness (QED) is 0.560. The third-order valence-corrected chi connectivity index (χ3v) is 3.21. The molecule has 0 aromatic rings. The summed E-state index contributed by atoms with van der Waals surface area (Å²) in [5, 5.41) is 3.58. The molecule has 0 saturated heterocycles. The van der Waals surface area contributed by atoms with Crippen molar-refractivity contribution in [1.82, 2.24) is 5.32 Å². The van der Waals surface area contributed by atoms with Gasteiger partial charge in [0.2, 0.25) is 0 Å². The molecule has 0 fully saturated rings. The van der Waals surface area contributed by atoms with Gasteiger partial charge in [-0.15, -0.1) is 0 Å². The molecule has 0 saturated carbocycles. The lowest BCUT2D eigenvalue weighted by Crippen LogP contribution is -2.27. The van der Waals surface area contributed by atoms with Gasteiger partial charge < -0.3 is 5.32 Å². The van der Waals surface area contributed by atoms with E-state index in [1.807, 2.05) is 11.8 Å². The molecule has 1 N–H and O–H groups in total. The first-order chi connectivity index (χ1) is 6.81. The van der Waals surface area contributed by atoms with Gasteiger partial charge >= 0.3 is 0 Å². The Bertz CT molecular complexity index is 94.5. The van der Waals surface area contributed by atoms with Crippen LogP contribution < -0.4 is 5.32 Å². The SMILES string of the molecule is CCCCCCC(C)NCCCSC. The lowest BCUT2D eigenvalue weighted by atomic mass is 10.1. The Labute approximate surface area is 94.4 Å². The maximum absolute atomic E-state index is 3.58. The third kappa shape index (κ3) is 10.4. The maximum Gasteiger partial charge on any atom is 0.00387 e. The van der Waals surface area contributed by atoms with Gasteiger partial charge in [0.25, 0.3) is 0 Å². The lowest BCUT2D eigenvalue weighted by molar-refractivity contribution is 0.484. The Morgan fingerprint density at radius 2 is 1.93 bits per heavy atom. The number of rotatable bonds is 10. The Balaban J connectivity index is 3.07. The van der Waals surface area contributed by atoms with Gasteiger partial charge in [-0.3, -0.25) is 0 Å². The molecule has 0 rings (SSSR count). The Kier molecular flexibility index (Phi) is 11.6. The lowest BCUT2D eigenvalue weighted by Gasteiger charge is -2.13. The zero-order valence-corrected chi connectivity index (χ0v) is 11.0. The zero-order chi connectivity index (χ0) is 10.6. The average molecular weight is 217 g/mol. The van der Waals surface area contributed by atoms with Crippen LogP contribution in [0.1, 0.15) is 52.4 Å². The van der Waals surface area contributed by atoms with Gasteiger partial charge in [-0.05, 0) is 38.3 Å². The van der Waals surface area contributed by atoms with Crippen molar-refractivity contribution >= 4 is 11.8 Å². The highest BCUT2D eigenvalue weighted by Gasteiger charge is 1.99. The molecule has 0 aromatic carbocycles. The second-order valence-corrected chi connectivity index (χ2v) is 5.04. The normalized spacial score (nSPS) is 13.1. The van der Waals surface area contributed by atoms with Gasteiger partial charge in [-0.2, -0.15) is 11.8 Å². The van der Waals surface area contributed by atoms with E-state index in [1.165, 1.54) is 50.8 Å². The van der Waals surface area contributed by atoms with Crippen LogP contribution in [-0.2, 0) is 0 Å². The highest BCUT2D eigenvalue weighted by Crippen LogP contribution is 2.05. The van der Waals surface area contributed by atoms with Crippen molar-refractivity contribution in [1.29, 1.82) is 0 Å². The molecule has 86 valence electrons. The molecule has 0 aliphatic carbocycles. The molecule has 2 heteroatoms. The van der Waals surface area contributed by atoms with Crippen LogP contribution in [0.3, 0.4) is 0 Å². The molecular weight excluding hydrogens is 190 g/mol. The van der Waals surface area contributed by atoms with E-state index < -0.39 is 0 Å². The first kappa shape index (κ1) is 14.3. The Morgan fingerprint density at radius 3 is 2.57 bits per heavy atom. The largest absolute Gasteiger partial charge is 0.314 e. The number of nitrogens with one attached hydrogen (secondary N) is 1. The minimum atomic E-state index is 0.716. The van der Waals surface area contributed by atoms with Crippen LogP contribution in [0, 0.1) is 0 Å². The predicted octanol–water partition coefficient (Wildman–Crippen LogP) is 3.69. The van der Waals surface area contributed by atoms with Gasteiger partial charge in [0.15, 0.2) is 0 Å². The van der Waals surface area contributed by atoms with E-state index in [1.54, 1.807) is 0 Å². The van der Waals surface area contributed by atoms with Crippen molar-refractivity contribution in [3.8, 4) is 0 Å². The van der Waals surface area contributed by atoms with Crippen LogP contribution in [0.5, 0.6) is 0 Å². The maximum atomic E-state index is 3.58. The van der Waals surface area contributed by atoms with Crippen molar-refractivity contribution < 1.29 is 0 Å². The summed E-state index contributed by atoms with van der Waals surface area (Å²) >= 11 is 1.94. The summed E-state index contributed by atoms with van der Waals surface area (Å²) in [4.78, 5) is 0. The highest BCUT2D eigenvalue weighted by atomic mass is 32.2. The monoisotopic (exact) mass is 217 g/mol. The molecule has 0 aromatic heterocycles. The van der Waals surface area contributed by atoms with Crippen molar-refractivity contribution in [2.24, 2.45) is 0 Å². The molecule has 0 aliphatic rings. The first-order valence-electron chi connectivity index (χ1n) is 6.03. The summed E-state index contributed by atoms with van der Waals surface area (Å²) < 4.78 is 0. The van der Waals surface area contributed by atoms with Crippen LogP contribution >= 0.6 is 11.8 Å². The molecule has 0 bridgehead atoms. The topological polar surface area (TPSA) is 12.0 Å². The van der Waals surface area contributed by atoms with Crippen LogP contribution in [0.15, 0.2) is 0 Å². The van der Waals surface area contributed by atoms with Gasteiger partial charge in [0.05, 0.1) is 0 Å². The summed E-state index contributed by atoms with van der Waals surface area (Å²) in [6.45, 7) is 5.77. The van der Waals surface area contributed by atoms with Crippen LogP contribution in [0.2, 0.25) is 0 Å². The van der Waals surface area contributed by atoms with Crippen LogP contribution in [-0.4, -0.2) is 24.6 Å². The minimum Gasteiger partial charge on any atom is -0.314 e. The summed E-state index contributed by atoms with van der Waals surface area (Å²) in [6, 6.07) is 0.716. The van der Waals surface area contributed by atoms with Crippen molar-refractivity contribution in [2.75, 3.05) is 18.6 Å². The van der Waals surface area contributed by atoms with E-state index >= 15 is 0 Å². The minimum absolute atomic E-state index is 0.716. The van der Waals surface area contributed by atoms with Crippen molar-refractivity contribution in [3.63, 3.8) is 0 Å². The predicted molar refractivity (Wildman–Crippen MR) is 69.2 cm³/mol. The third-order valence-electron chi connectivity index (χ3n) is 2.51. The molecule has 0 aliphatic heterocycles. The molecule has 0 spiro atoms. The molecule has 14 heavy (non-hydrogen) atoms. The fourth-order valence-corrected chi connectivity index (χ4v) is 1.98. The number of hydrogen-bond donors (Lipinski definition) is 1. The molecule has 0 amide bonds. The summed E-state index contributed by atoms with van der Waals surface area (Å²) in [5.41, 5.74) is 0. The van der Waals surface area contributed by atoms with Gasteiger partial charge in [0.1, 0.15) is 0 Å².